The van der Waals surface area contributed by atoms with Crippen molar-refractivity contribution in [1.29, 1.82) is 0 Å². The van der Waals surface area contributed by atoms with E-state index in [1.165, 1.54) is 154 Å². The highest BCUT2D eigenvalue weighted by Gasteiger charge is 2.64. The highest BCUT2D eigenvalue weighted by Crippen LogP contribution is 2.60. The number of hydrogen-bond acceptors (Lipinski definition) is 5. The van der Waals surface area contributed by atoms with Crippen molar-refractivity contribution >= 4 is 5.96 Å². The Morgan fingerprint density at radius 2 is 1.40 bits per heavy atom. The van der Waals surface area contributed by atoms with Gasteiger partial charge in [-0.3, -0.25) is 10.2 Å². The number of nitrogens with zero attached hydrogens (tertiary/aromatic N) is 3. The lowest BCUT2D eigenvalue weighted by Gasteiger charge is -2.50. The molecule has 5 nitrogen and oxygen atoms in total. The summed E-state index contributed by atoms with van der Waals surface area (Å²) in [6.07, 6.45) is 33.7. The first kappa shape index (κ1) is 32.1. The first-order valence-electron chi connectivity index (χ1n) is 21.7. The number of aliphatic imine (C=N–C) groups is 1. The van der Waals surface area contributed by atoms with E-state index >= 15 is 0 Å². The van der Waals surface area contributed by atoms with Gasteiger partial charge in [0.05, 0.1) is 6.17 Å². The largest absolute Gasteiger partial charge is 0.340 e. The Labute approximate surface area is 288 Å². The van der Waals surface area contributed by atoms with Gasteiger partial charge in [0.1, 0.15) is 6.17 Å². The maximum absolute atomic E-state index is 5.86. The lowest BCUT2D eigenvalue weighted by Crippen LogP contribution is -2.67. The normalized spacial score (nSPS) is 48.9. The van der Waals surface area contributed by atoms with Crippen LogP contribution >= 0.6 is 0 Å². The van der Waals surface area contributed by atoms with E-state index in [2.05, 4.69) is 41.2 Å². The first-order chi connectivity index (χ1) is 23.0. The molecule has 0 aromatic rings. The number of likely N-dealkylation sites (tertiary alicyclic amines) is 2. The fourth-order valence-corrected chi connectivity index (χ4v) is 14.7. The molecular weight excluding hydrogens is 574 g/mol. The van der Waals surface area contributed by atoms with Crippen molar-refractivity contribution in [2.45, 2.75) is 211 Å². The molecule has 0 amide bonds. The standard InChI is InChI=1S/C42H71N5/c1-27-14-12-18-30(26-27)46-34-21-9-8-19-31(34)32-22-23-35-36(38(32)46)33-20-13-15-28(2)37(33)47(35)41-44-39(29-16-6-4-7-17-29)43-40(45-41)42(3)24-10-5-11-25-42/h27-40,43H,4-26H2,1-3H3,(H,44,45). The van der Waals surface area contributed by atoms with E-state index in [0.717, 1.165) is 53.6 Å². The molecule has 3 aliphatic heterocycles. The SMILES string of the molecule is CC1CCCC(N2C3CCCCC3C3CCC4C(C5CCCC(C)C5N4C4=NC(C5CCCCC5)NC(C5(C)CCCCC5)N4)C32)C1. The monoisotopic (exact) mass is 646 g/mol. The number of fused-ring (bicyclic) bond motifs is 7. The van der Waals surface area contributed by atoms with Crippen LogP contribution in [0.3, 0.4) is 0 Å². The van der Waals surface area contributed by atoms with Crippen LogP contribution in [0.4, 0.5) is 0 Å². The number of guanidine groups is 1. The molecule has 3 heterocycles. The van der Waals surface area contributed by atoms with Gasteiger partial charge in [0.2, 0.25) is 0 Å². The molecule has 0 aromatic heterocycles. The summed E-state index contributed by atoms with van der Waals surface area (Å²) >= 11 is 0. The number of nitrogens with one attached hydrogen (secondary N) is 2. The van der Waals surface area contributed by atoms with Gasteiger partial charge in [0, 0.05) is 35.6 Å². The fourth-order valence-electron chi connectivity index (χ4n) is 14.7. The van der Waals surface area contributed by atoms with Crippen molar-refractivity contribution in [3.05, 3.63) is 0 Å². The zero-order valence-electron chi connectivity index (χ0n) is 30.7. The molecule has 8 fully saturated rings. The van der Waals surface area contributed by atoms with Crippen LogP contribution in [0.15, 0.2) is 4.99 Å². The van der Waals surface area contributed by atoms with Crippen LogP contribution in [0.1, 0.15) is 168 Å². The molecule has 9 aliphatic rings. The molecule has 13 atom stereocenters. The first-order valence-corrected chi connectivity index (χ1v) is 21.7. The van der Waals surface area contributed by atoms with E-state index in [0.29, 0.717) is 35.7 Å². The maximum atomic E-state index is 5.86. The van der Waals surface area contributed by atoms with Crippen molar-refractivity contribution in [2.24, 2.45) is 51.8 Å². The molecule has 264 valence electrons. The summed E-state index contributed by atoms with van der Waals surface area (Å²) in [5, 5.41) is 8.54. The summed E-state index contributed by atoms with van der Waals surface area (Å²) in [7, 11) is 0. The van der Waals surface area contributed by atoms with Crippen LogP contribution < -0.4 is 10.6 Å². The Bertz CT molecular complexity index is 1120. The topological polar surface area (TPSA) is 42.9 Å². The molecule has 2 saturated heterocycles. The molecular formula is C42H71N5. The van der Waals surface area contributed by atoms with E-state index in [1.807, 2.05) is 0 Å². The number of rotatable bonds is 3. The van der Waals surface area contributed by atoms with Gasteiger partial charge in [-0.15, -0.1) is 0 Å². The predicted molar refractivity (Wildman–Crippen MR) is 194 cm³/mol. The molecule has 5 heteroatoms. The minimum atomic E-state index is 0.303. The highest BCUT2D eigenvalue weighted by molar-refractivity contribution is 5.82. The Morgan fingerprint density at radius 3 is 2.23 bits per heavy atom. The van der Waals surface area contributed by atoms with Gasteiger partial charge in [-0.2, -0.15) is 0 Å². The van der Waals surface area contributed by atoms with E-state index in [4.69, 9.17) is 4.99 Å². The molecule has 47 heavy (non-hydrogen) atoms. The van der Waals surface area contributed by atoms with Crippen LogP contribution in [-0.2, 0) is 0 Å². The van der Waals surface area contributed by atoms with Gasteiger partial charge in [-0.05, 0) is 118 Å². The van der Waals surface area contributed by atoms with Crippen molar-refractivity contribution in [1.82, 2.24) is 20.4 Å². The van der Waals surface area contributed by atoms with Gasteiger partial charge < -0.3 is 10.2 Å². The van der Waals surface area contributed by atoms with E-state index in [1.54, 1.807) is 0 Å². The quantitative estimate of drug-likeness (QED) is 0.321. The molecule has 9 rings (SSSR count). The van der Waals surface area contributed by atoms with E-state index in [9.17, 15) is 0 Å². The summed E-state index contributed by atoms with van der Waals surface area (Å²) in [6, 6.07) is 3.95. The molecule has 6 aliphatic carbocycles. The van der Waals surface area contributed by atoms with Gasteiger partial charge >= 0.3 is 0 Å². The van der Waals surface area contributed by atoms with Crippen LogP contribution in [0.5, 0.6) is 0 Å². The number of hydrogen-bond donors (Lipinski definition) is 2. The van der Waals surface area contributed by atoms with Crippen molar-refractivity contribution in [3.63, 3.8) is 0 Å². The van der Waals surface area contributed by atoms with E-state index in [-0.39, 0.29) is 0 Å². The van der Waals surface area contributed by atoms with Crippen molar-refractivity contribution < 1.29 is 0 Å². The molecule has 0 aromatic carbocycles. The smallest absolute Gasteiger partial charge is 0.197 e. The molecule has 0 spiro atoms. The molecule has 0 radical (unpaired) electrons. The molecule has 0 bridgehead atoms. The van der Waals surface area contributed by atoms with Crippen molar-refractivity contribution in [3.8, 4) is 0 Å². The average molecular weight is 646 g/mol. The fraction of sp³-hybridized carbons (Fsp3) is 0.976. The zero-order valence-corrected chi connectivity index (χ0v) is 30.7. The molecule has 6 saturated carbocycles. The van der Waals surface area contributed by atoms with Gasteiger partial charge in [0.15, 0.2) is 5.96 Å². The van der Waals surface area contributed by atoms with Crippen molar-refractivity contribution in [2.75, 3.05) is 0 Å². The third-order valence-electron chi connectivity index (χ3n) is 16.8. The van der Waals surface area contributed by atoms with Crippen LogP contribution in [0.2, 0.25) is 0 Å². The Hall–Kier alpha value is -0.810. The summed E-state index contributed by atoms with van der Waals surface area (Å²) in [5.41, 5.74) is 0.330. The maximum Gasteiger partial charge on any atom is 0.197 e. The molecule has 13 unspecified atom stereocenters. The van der Waals surface area contributed by atoms with E-state index < -0.39 is 0 Å². The van der Waals surface area contributed by atoms with Crippen LogP contribution in [0.25, 0.3) is 0 Å². The Balaban J connectivity index is 1.09. The average Bonchev–Trinajstić information content (AvgIpc) is 3.63. The van der Waals surface area contributed by atoms with Gasteiger partial charge in [0.25, 0.3) is 0 Å². The lowest BCUT2D eigenvalue weighted by molar-refractivity contribution is 0.00724. The summed E-state index contributed by atoms with van der Waals surface area (Å²) < 4.78 is 0. The Kier molecular flexibility index (Phi) is 8.93. The summed E-state index contributed by atoms with van der Waals surface area (Å²) in [4.78, 5) is 12.3. The highest BCUT2D eigenvalue weighted by atomic mass is 15.4. The minimum absolute atomic E-state index is 0.303. The predicted octanol–water partition coefficient (Wildman–Crippen LogP) is 9.08. The van der Waals surface area contributed by atoms with Gasteiger partial charge in [-0.1, -0.05) is 91.4 Å². The second kappa shape index (κ2) is 13.1. The third-order valence-corrected chi connectivity index (χ3v) is 16.8. The second-order valence-electron chi connectivity index (χ2n) is 19.5. The second-order valence-corrected chi connectivity index (χ2v) is 19.5. The Morgan fingerprint density at radius 1 is 0.660 bits per heavy atom. The van der Waals surface area contributed by atoms with Crippen LogP contribution in [0, 0.1) is 46.8 Å². The third kappa shape index (κ3) is 5.55. The van der Waals surface area contributed by atoms with Crippen LogP contribution in [-0.4, -0.2) is 58.3 Å². The summed E-state index contributed by atoms with van der Waals surface area (Å²) in [5.74, 6) is 7.42. The molecule has 2 N–H and O–H groups in total. The zero-order chi connectivity index (χ0) is 31.7. The lowest BCUT2D eigenvalue weighted by atomic mass is 9.63. The minimum Gasteiger partial charge on any atom is -0.340 e. The summed E-state index contributed by atoms with van der Waals surface area (Å²) in [6.45, 7) is 7.84. The van der Waals surface area contributed by atoms with Gasteiger partial charge in [-0.25, -0.2) is 4.99 Å².